The van der Waals surface area contributed by atoms with E-state index in [0.717, 1.165) is 17.2 Å². The van der Waals surface area contributed by atoms with E-state index < -0.39 is 17.5 Å². The molecule has 1 saturated heterocycles. The number of piperidine rings is 1. The molecule has 2 aromatic carbocycles. The van der Waals surface area contributed by atoms with Crippen LogP contribution >= 0.6 is 0 Å². The van der Waals surface area contributed by atoms with Gasteiger partial charge in [-0.2, -0.15) is 13.2 Å². The average Bonchev–Trinajstić information content (AvgIpc) is 2.91. The lowest BCUT2D eigenvalue weighted by Gasteiger charge is -2.41. The van der Waals surface area contributed by atoms with E-state index in [1.54, 1.807) is 6.08 Å². The maximum atomic E-state index is 13.5. The van der Waals surface area contributed by atoms with Crippen LogP contribution in [-0.4, -0.2) is 42.5 Å². The number of nitrogens with zero attached hydrogens (tertiary/aromatic N) is 1. The van der Waals surface area contributed by atoms with Crippen LogP contribution in [0.2, 0.25) is 0 Å². The molecule has 1 fully saturated rings. The summed E-state index contributed by atoms with van der Waals surface area (Å²) in [6.45, 7) is 0.985. The van der Waals surface area contributed by atoms with Crippen molar-refractivity contribution < 1.29 is 22.8 Å². The molecule has 0 spiro atoms. The average molecular weight is 497 g/mol. The van der Waals surface area contributed by atoms with E-state index >= 15 is 0 Å². The number of carbonyl (C=O) groups is 2. The minimum absolute atomic E-state index is 0.0678. The molecule has 1 heterocycles. The molecule has 2 aromatic rings. The first-order chi connectivity index (χ1) is 17.3. The molecular weight excluding hydrogens is 465 g/mol. The normalized spacial score (nSPS) is 19.5. The van der Waals surface area contributed by atoms with Crippen molar-refractivity contribution in [2.24, 2.45) is 5.92 Å². The predicted octanol–water partition coefficient (Wildman–Crippen LogP) is 5.36. The van der Waals surface area contributed by atoms with E-state index in [-0.39, 0.29) is 24.8 Å². The van der Waals surface area contributed by atoms with Gasteiger partial charge >= 0.3 is 6.18 Å². The highest BCUT2D eigenvalue weighted by atomic mass is 19.4. The summed E-state index contributed by atoms with van der Waals surface area (Å²) < 4.78 is 39.4. The first kappa shape index (κ1) is 25.7. The van der Waals surface area contributed by atoms with Crippen molar-refractivity contribution in [1.29, 1.82) is 0 Å². The van der Waals surface area contributed by atoms with Crippen LogP contribution in [0.25, 0.3) is 0 Å². The predicted molar refractivity (Wildman–Crippen MR) is 133 cm³/mol. The summed E-state index contributed by atoms with van der Waals surface area (Å²) in [4.78, 5) is 28.2. The molecule has 2 amide bonds. The van der Waals surface area contributed by atoms with Crippen molar-refractivity contribution in [2.45, 2.75) is 43.7 Å². The number of hydrogen-bond donors (Lipinski definition) is 1. The van der Waals surface area contributed by atoms with Crippen LogP contribution in [0.4, 0.5) is 13.2 Å². The Morgan fingerprint density at radius 1 is 0.972 bits per heavy atom. The number of nitrogens with one attached hydrogen (secondary N) is 1. The maximum Gasteiger partial charge on any atom is 0.395 e. The van der Waals surface area contributed by atoms with Gasteiger partial charge in [0, 0.05) is 26.1 Å². The number of aryl methyl sites for hydroxylation is 1. The molecular formula is C29H31F3N2O2. The number of rotatable bonds is 7. The molecule has 1 unspecified atom stereocenters. The number of carbonyl (C=O) groups excluding carboxylic acids is 2. The summed E-state index contributed by atoms with van der Waals surface area (Å²) in [5.41, 5.74) is 1.70. The Kier molecular flexibility index (Phi) is 7.97. The van der Waals surface area contributed by atoms with Crippen molar-refractivity contribution in [3.8, 4) is 0 Å². The quantitative estimate of drug-likeness (QED) is 0.561. The zero-order chi connectivity index (χ0) is 25.6. The molecule has 1 aliphatic heterocycles. The first-order valence-corrected chi connectivity index (χ1v) is 12.4. The molecule has 2 aliphatic rings. The third-order valence-corrected chi connectivity index (χ3v) is 7.25. The molecule has 4 rings (SSSR count). The van der Waals surface area contributed by atoms with Crippen molar-refractivity contribution in [1.82, 2.24) is 10.2 Å². The van der Waals surface area contributed by atoms with Crippen LogP contribution in [0.15, 0.2) is 84.5 Å². The van der Waals surface area contributed by atoms with Gasteiger partial charge < -0.3 is 10.2 Å². The molecule has 4 nitrogen and oxygen atoms in total. The minimum atomic E-state index is -4.30. The Bertz CT molecular complexity index is 1100. The third kappa shape index (κ3) is 6.07. The van der Waals surface area contributed by atoms with Gasteiger partial charge in [0.15, 0.2) is 0 Å². The van der Waals surface area contributed by atoms with E-state index in [1.807, 2.05) is 65.6 Å². The topological polar surface area (TPSA) is 49.4 Å². The third-order valence-electron chi connectivity index (χ3n) is 7.25. The Morgan fingerprint density at radius 2 is 1.61 bits per heavy atom. The highest BCUT2D eigenvalue weighted by molar-refractivity contribution is 5.89. The number of alkyl halides is 3. The fourth-order valence-electron chi connectivity index (χ4n) is 5.06. The van der Waals surface area contributed by atoms with E-state index in [2.05, 4.69) is 5.32 Å². The van der Waals surface area contributed by atoms with Gasteiger partial charge in [-0.1, -0.05) is 84.5 Å². The second-order valence-electron chi connectivity index (χ2n) is 9.56. The molecule has 1 aliphatic carbocycles. The molecule has 7 heteroatoms. The zero-order valence-electron chi connectivity index (χ0n) is 20.1. The molecule has 190 valence electrons. The number of amides is 2. The summed E-state index contributed by atoms with van der Waals surface area (Å²) >= 11 is 0. The van der Waals surface area contributed by atoms with Crippen LogP contribution < -0.4 is 5.32 Å². The maximum absolute atomic E-state index is 13.5. The monoisotopic (exact) mass is 496 g/mol. The summed E-state index contributed by atoms with van der Waals surface area (Å²) in [7, 11) is 0. The first-order valence-electron chi connectivity index (χ1n) is 12.4. The van der Waals surface area contributed by atoms with E-state index in [9.17, 15) is 22.8 Å². The number of likely N-dealkylation sites (tertiary alicyclic amines) is 1. The largest absolute Gasteiger partial charge is 0.395 e. The van der Waals surface area contributed by atoms with Gasteiger partial charge in [0.2, 0.25) is 11.8 Å². The summed E-state index contributed by atoms with van der Waals surface area (Å²) in [6, 6.07) is 19.3. The Labute approximate surface area is 209 Å². The van der Waals surface area contributed by atoms with Crippen molar-refractivity contribution in [2.75, 3.05) is 19.6 Å². The zero-order valence-corrected chi connectivity index (χ0v) is 20.1. The number of benzene rings is 2. The Balaban J connectivity index is 1.40. The standard InChI is InChI=1S/C29H31F3N2O2/c30-29(31,32)25-13-7-10-23(20-25)21-33-27(36)28(24-11-5-2-6-12-24)16-18-34(19-17-28)26(35)15-14-22-8-3-1-4-9-22/h1-13,25H,14-21H2,(H,33,36). The lowest BCUT2D eigenvalue weighted by Crippen LogP contribution is -2.53. The summed E-state index contributed by atoms with van der Waals surface area (Å²) in [5, 5.41) is 2.91. The highest BCUT2D eigenvalue weighted by Crippen LogP contribution is 2.37. The number of halogens is 3. The fourth-order valence-corrected chi connectivity index (χ4v) is 5.06. The van der Waals surface area contributed by atoms with Crippen LogP contribution in [0, 0.1) is 5.92 Å². The van der Waals surface area contributed by atoms with E-state index in [1.165, 1.54) is 6.08 Å². The van der Waals surface area contributed by atoms with Crippen LogP contribution in [0.1, 0.15) is 36.8 Å². The van der Waals surface area contributed by atoms with Gasteiger partial charge in [0.05, 0.1) is 11.3 Å². The number of allylic oxidation sites excluding steroid dienone is 3. The van der Waals surface area contributed by atoms with Crippen molar-refractivity contribution >= 4 is 11.8 Å². The van der Waals surface area contributed by atoms with Gasteiger partial charge in [-0.05, 0) is 36.8 Å². The van der Waals surface area contributed by atoms with Crippen LogP contribution in [0.5, 0.6) is 0 Å². The SMILES string of the molecule is O=C(CCc1ccccc1)N1CCC(C(=O)NCC2=CC=CC(C(F)(F)F)C2)(c2ccccc2)CC1. The molecule has 1 N–H and O–H groups in total. The molecule has 1 atom stereocenters. The molecule has 0 saturated carbocycles. The molecule has 0 radical (unpaired) electrons. The summed E-state index contributed by atoms with van der Waals surface area (Å²) in [6.07, 6.45) is 1.77. The van der Waals surface area contributed by atoms with Gasteiger partial charge in [0.1, 0.15) is 0 Å². The van der Waals surface area contributed by atoms with Crippen LogP contribution in [-0.2, 0) is 21.4 Å². The second kappa shape index (κ2) is 11.1. The minimum Gasteiger partial charge on any atom is -0.352 e. The molecule has 36 heavy (non-hydrogen) atoms. The second-order valence-corrected chi connectivity index (χ2v) is 9.56. The van der Waals surface area contributed by atoms with Crippen molar-refractivity contribution in [3.05, 3.63) is 95.6 Å². The Hall–Kier alpha value is -3.35. The summed E-state index contributed by atoms with van der Waals surface area (Å²) in [5.74, 6) is -1.66. The van der Waals surface area contributed by atoms with Crippen LogP contribution in [0.3, 0.4) is 0 Å². The smallest absolute Gasteiger partial charge is 0.352 e. The van der Waals surface area contributed by atoms with Gasteiger partial charge in [-0.15, -0.1) is 0 Å². The highest BCUT2D eigenvalue weighted by Gasteiger charge is 2.44. The van der Waals surface area contributed by atoms with E-state index in [0.29, 0.717) is 44.3 Å². The van der Waals surface area contributed by atoms with Gasteiger partial charge in [-0.3, -0.25) is 9.59 Å². The van der Waals surface area contributed by atoms with E-state index in [4.69, 9.17) is 0 Å². The lowest BCUT2D eigenvalue weighted by atomic mass is 9.71. The van der Waals surface area contributed by atoms with Gasteiger partial charge in [-0.25, -0.2) is 0 Å². The lowest BCUT2D eigenvalue weighted by molar-refractivity contribution is -0.161. The van der Waals surface area contributed by atoms with Gasteiger partial charge in [0.25, 0.3) is 0 Å². The molecule has 0 aromatic heterocycles. The number of hydrogen-bond acceptors (Lipinski definition) is 2. The van der Waals surface area contributed by atoms with Crippen molar-refractivity contribution in [3.63, 3.8) is 0 Å². The Morgan fingerprint density at radius 3 is 2.25 bits per heavy atom. The fraction of sp³-hybridized carbons (Fsp3) is 0.379. The molecule has 0 bridgehead atoms.